The minimum atomic E-state index is -0.106. The first-order valence-electron chi connectivity index (χ1n) is 8.39. The standard InChI is InChI=1S/C20H23NO3/c1-2-24-18-9-4-3-8-17(18)15-6-5-7-16(12-15)19(23)21-13-20(14-22)10-11-20/h3-9,12,22H,2,10-11,13-14H2,1H3,(H,21,23). The summed E-state index contributed by atoms with van der Waals surface area (Å²) in [6.45, 7) is 3.22. The summed E-state index contributed by atoms with van der Waals surface area (Å²) in [4.78, 5) is 12.4. The van der Waals surface area contributed by atoms with Crippen molar-refractivity contribution < 1.29 is 14.6 Å². The van der Waals surface area contributed by atoms with Crippen LogP contribution in [0.5, 0.6) is 5.75 Å². The van der Waals surface area contributed by atoms with E-state index in [-0.39, 0.29) is 17.9 Å². The number of nitrogens with one attached hydrogen (secondary N) is 1. The molecule has 24 heavy (non-hydrogen) atoms. The molecule has 0 unspecified atom stereocenters. The minimum Gasteiger partial charge on any atom is -0.493 e. The Morgan fingerprint density at radius 1 is 1.21 bits per heavy atom. The van der Waals surface area contributed by atoms with E-state index >= 15 is 0 Å². The first-order valence-corrected chi connectivity index (χ1v) is 8.39. The maximum atomic E-state index is 12.4. The number of carbonyl (C=O) groups excluding carboxylic acids is 1. The molecule has 3 rings (SSSR count). The summed E-state index contributed by atoms with van der Waals surface area (Å²) in [7, 11) is 0. The normalized spacial score (nSPS) is 14.9. The van der Waals surface area contributed by atoms with Crippen molar-refractivity contribution >= 4 is 5.91 Å². The fourth-order valence-corrected chi connectivity index (χ4v) is 2.75. The zero-order valence-corrected chi connectivity index (χ0v) is 13.9. The summed E-state index contributed by atoms with van der Waals surface area (Å²) in [5.74, 6) is 0.709. The molecule has 126 valence electrons. The number of aliphatic hydroxyl groups excluding tert-OH is 1. The van der Waals surface area contributed by atoms with E-state index in [2.05, 4.69) is 5.32 Å². The number of benzene rings is 2. The van der Waals surface area contributed by atoms with Crippen LogP contribution in [0.25, 0.3) is 11.1 Å². The second kappa shape index (κ2) is 7.05. The third-order valence-corrected chi connectivity index (χ3v) is 4.54. The van der Waals surface area contributed by atoms with E-state index in [0.717, 1.165) is 29.7 Å². The minimum absolute atomic E-state index is 0.0885. The highest BCUT2D eigenvalue weighted by molar-refractivity contribution is 5.95. The summed E-state index contributed by atoms with van der Waals surface area (Å²) in [5, 5.41) is 12.3. The highest BCUT2D eigenvalue weighted by atomic mass is 16.5. The third-order valence-electron chi connectivity index (χ3n) is 4.54. The highest BCUT2D eigenvalue weighted by Gasteiger charge is 2.42. The molecule has 1 fully saturated rings. The molecular formula is C20H23NO3. The van der Waals surface area contributed by atoms with Gasteiger partial charge in [-0.05, 0) is 43.5 Å². The van der Waals surface area contributed by atoms with Gasteiger partial charge in [-0.2, -0.15) is 0 Å². The Labute approximate surface area is 142 Å². The average molecular weight is 325 g/mol. The lowest BCUT2D eigenvalue weighted by Gasteiger charge is -2.14. The second-order valence-electron chi connectivity index (χ2n) is 6.35. The van der Waals surface area contributed by atoms with E-state index in [0.29, 0.717) is 18.7 Å². The summed E-state index contributed by atoms with van der Waals surface area (Å²) < 4.78 is 5.68. The van der Waals surface area contributed by atoms with Crippen LogP contribution in [0.15, 0.2) is 48.5 Å². The number of ether oxygens (including phenoxy) is 1. The van der Waals surface area contributed by atoms with Crippen molar-refractivity contribution in [3.63, 3.8) is 0 Å². The van der Waals surface area contributed by atoms with Gasteiger partial charge < -0.3 is 15.2 Å². The van der Waals surface area contributed by atoms with E-state index in [4.69, 9.17) is 4.74 Å². The Morgan fingerprint density at radius 2 is 2.00 bits per heavy atom. The van der Waals surface area contributed by atoms with Crippen molar-refractivity contribution in [2.24, 2.45) is 5.41 Å². The molecule has 0 heterocycles. The molecule has 2 aromatic rings. The van der Waals surface area contributed by atoms with Gasteiger partial charge in [-0.1, -0.05) is 30.3 Å². The fourth-order valence-electron chi connectivity index (χ4n) is 2.75. The van der Waals surface area contributed by atoms with Crippen LogP contribution < -0.4 is 10.1 Å². The Morgan fingerprint density at radius 3 is 2.71 bits per heavy atom. The molecule has 0 aromatic heterocycles. The Hall–Kier alpha value is -2.33. The van der Waals surface area contributed by atoms with Gasteiger partial charge in [0.25, 0.3) is 5.91 Å². The molecule has 1 saturated carbocycles. The van der Waals surface area contributed by atoms with Crippen molar-refractivity contribution in [1.29, 1.82) is 0 Å². The largest absolute Gasteiger partial charge is 0.493 e. The predicted molar refractivity (Wildman–Crippen MR) is 94.1 cm³/mol. The molecule has 1 aliphatic rings. The number of carbonyl (C=O) groups is 1. The number of amides is 1. The van der Waals surface area contributed by atoms with E-state index < -0.39 is 0 Å². The average Bonchev–Trinajstić information content (AvgIpc) is 3.41. The molecule has 2 aromatic carbocycles. The van der Waals surface area contributed by atoms with Crippen LogP contribution in [0.1, 0.15) is 30.1 Å². The van der Waals surface area contributed by atoms with Crippen molar-refractivity contribution in [3.8, 4) is 16.9 Å². The zero-order chi connectivity index (χ0) is 17.0. The van der Waals surface area contributed by atoms with E-state index in [9.17, 15) is 9.90 Å². The molecule has 0 radical (unpaired) electrons. The summed E-state index contributed by atoms with van der Waals surface area (Å²) in [5.41, 5.74) is 2.46. The van der Waals surface area contributed by atoms with Crippen LogP contribution in [0.3, 0.4) is 0 Å². The summed E-state index contributed by atoms with van der Waals surface area (Å²) in [6, 6.07) is 15.4. The monoisotopic (exact) mass is 325 g/mol. The molecule has 0 bridgehead atoms. The maximum absolute atomic E-state index is 12.4. The molecule has 1 aliphatic carbocycles. The van der Waals surface area contributed by atoms with Gasteiger partial charge in [0.05, 0.1) is 13.2 Å². The SMILES string of the molecule is CCOc1ccccc1-c1cccc(C(=O)NCC2(CO)CC2)c1. The van der Waals surface area contributed by atoms with Gasteiger partial charge in [0.15, 0.2) is 0 Å². The third kappa shape index (κ3) is 3.60. The Balaban J connectivity index is 1.78. The molecule has 4 nitrogen and oxygen atoms in total. The quantitative estimate of drug-likeness (QED) is 0.821. The lowest BCUT2D eigenvalue weighted by Crippen LogP contribution is -2.31. The van der Waals surface area contributed by atoms with Crippen molar-refractivity contribution in [2.45, 2.75) is 19.8 Å². The van der Waals surface area contributed by atoms with Gasteiger partial charge in [-0.15, -0.1) is 0 Å². The van der Waals surface area contributed by atoms with E-state index in [1.807, 2.05) is 49.4 Å². The molecule has 0 aliphatic heterocycles. The van der Waals surface area contributed by atoms with Crippen molar-refractivity contribution in [1.82, 2.24) is 5.32 Å². The van der Waals surface area contributed by atoms with Crippen LogP contribution in [-0.2, 0) is 0 Å². The van der Waals surface area contributed by atoms with Crippen LogP contribution >= 0.6 is 0 Å². The predicted octanol–water partition coefficient (Wildman–Crippen LogP) is 3.25. The van der Waals surface area contributed by atoms with Gasteiger partial charge >= 0.3 is 0 Å². The van der Waals surface area contributed by atoms with Crippen LogP contribution in [0.2, 0.25) is 0 Å². The first-order chi connectivity index (χ1) is 11.7. The van der Waals surface area contributed by atoms with Gasteiger partial charge in [-0.25, -0.2) is 0 Å². The molecule has 0 saturated heterocycles. The zero-order valence-electron chi connectivity index (χ0n) is 13.9. The summed E-state index contributed by atoms with van der Waals surface area (Å²) >= 11 is 0. The topological polar surface area (TPSA) is 58.6 Å². The van der Waals surface area contributed by atoms with Crippen molar-refractivity contribution in [3.05, 3.63) is 54.1 Å². The number of hydrogen-bond donors (Lipinski definition) is 2. The fraction of sp³-hybridized carbons (Fsp3) is 0.350. The number of rotatable bonds is 7. The molecule has 4 heteroatoms. The lowest BCUT2D eigenvalue weighted by atomic mass is 10.0. The number of hydrogen-bond acceptors (Lipinski definition) is 3. The Kier molecular flexibility index (Phi) is 4.86. The van der Waals surface area contributed by atoms with Gasteiger partial charge in [0.1, 0.15) is 5.75 Å². The van der Waals surface area contributed by atoms with Gasteiger partial charge in [0, 0.05) is 23.1 Å². The first kappa shape index (κ1) is 16.5. The van der Waals surface area contributed by atoms with E-state index in [1.54, 1.807) is 6.07 Å². The Bertz CT molecular complexity index is 722. The van der Waals surface area contributed by atoms with Crippen LogP contribution in [0, 0.1) is 5.41 Å². The van der Waals surface area contributed by atoms with Gasteiger partial charge in [0.2, 0.25) is 0 Å². The molecule has 0 atom stereocenters. The lowest BCUT2D eigenvalue weighted by molar-refractivity contribution is 0.0935. The van der Waals surface area contributed by atoms with Crippen LogP contribution in [-0.4, -0.2) is 30.8 Å². The van der Waals surface area contributed by atoms with Crippen LogP contribution in [0.4, 0.5) is 0 Å². The highest BCUT2D eigenvalue weighted by Crippen LogP contribution is 2.44. The second-order valence-corrected chi connectivity index (χ2v) is 6.35. The smallest absolute Gasteiger partial charge is 0.251 e. The maximum Gasteiger partial charge on any atom is 0.251 e. The number of para-hydroxylation sites is 1. The van der Waals surface area contributed by atoms with Crippen molar-refractivity contribution in [2.75, 3.05) is 19.8 Å². The summed E-state index contributed by atoms with van der Waals surface area (Å²) in [6.07, 6.45) is 1.96. The molecule has 2 N–H and O–H groups in total. The number of aliphatic hydroxyl groups is 1. The van der Waals surface area contributed by atoms with Gasteiger partial charge in [-0.3, -0.25) is 4.79 Å². The molecule has 0 spiro atoms. The molecule has 1 amide bonds. The molecular weight excluding hydrogens is 302 g/mol. The van der Waals surface area contributed by atoms with E-state index in [1.165, 1.54) is 0 Å².